The van der Waals surface area contributed by atoms with E-state index in [0.29, 0.717) is 5.01 Å². The fraction of sp³-hybridized carbons (Fsp3) is 0.600. The molecule has 1 atom stereocenters. The van der Waals surface area contributed by atoms with E-state index in [-0.39, 0.29) is 13.0 Å². The van der Waals surface area contributed by atoms with Crippen molar-refractivity contribution >= 4 is 5.91 Å². The Hall–Kier alpha value is -1.68. The molecule has 0 spiro atoms. The Balaban J connectivity index is 3.83. The molecule has 7 heteroatoms. The maximum absolute atomic E-state index is 10.2. The minimum absolute atomic E-state index is 0.298. The molecule has 7 nitrogen and oxygen atoms in total. The van der Waals surface area contributed by atoms with Crippen molar-refractivity contribution in [1.82, 2.24) is 5.01 Å². The van der Waals surface area contributed by atoms with Crippen LogP contribution in [0.25, 0.3) is 0 Å². The van der Waals surface area contributed by atoms with Crippen LogP contribution in [0, 0.1) is 16.4 Å². The Labute approximate surface area is 68.3 Å². The zero-order valence-electron chi connectivity index (χ0n) is 6.17. The van der Waals surface area contributed by atoms with Crippen LogP contribution in [-0.2, 0) is 4.79 Å². The van der Waals surface area contributed by atoms with E-state index in [1.54, 1.807) is 0 Å². The minimum atomic E-state index is -1.14. The number of hydrogen-bond acceptors (Lipinski definition) is 5. The van der Waals surface area contributed by atoms with Crippen molar-refractivity contribution in [1.29, 1.82) is 5.26 Å². The highest BCUT2D eigenvalue weighted by Crippen LogP contribution is 1.95. The van der Waals surface area contributed by atoms with Crippen molar-refractivity contribution < 1.29 is 9.90 Å². The van der Waals surface area contributed by atoms with Gasteiger partial charge in [0.05, 0.1) is 24.4 Å². The maximum Gasteiger partial charge on any atom is 0.220 e. The summed E-state index contributed by atoms with van der Waals surface area (Å²) in [6.45, 7) is -0.317. The van der Waals surface area contributed by atoms with Gasteiger partial charge in [-0.15, -0.1) is 4.91 Å². The molecule has 66 valence electrons. The first-order valence-corrected chi connectivity index (χ1v) is 3.07. The van der Waals surface area contributed by atoms with Crippen molar-refractivity contribution in [2.75, 3.05) is 6.54 Å². The zero-order valence-corrected chi connectivity index (χ0v) is 6.17. The van der Waals surface area contributed by atoms with Gasteiger partial charge in [0.25, 0.3) is 0 Å². The fourth-order valence-corrected chi connectivity index (χ4v) is 0.589. The van der Waals surface area contributed by atoms with Gasteiger partial charge in [0.2, 0.25) is 12.1 Å². The molecule has 0 aromatic carbocycles. The number of carbonyl (C=O) groups is 1. The average Bonchev–Trinajstić information content (AvgIpc) is 1.98. The van der Waals surface area contributed by atoms with Crippen LogP contribution in [0.3, 0.4) is 0 Å². The first kappa shape index (κ1) is 10.3. The molecule has 0 aromatic rings. The topological polar surface area (TPSA) is 120 Å². The van der Waals surface area contributed by atoms with Crippen molar-refractivity contribution in [2.24, 2.45) is 11.0 Å². The Morgan fingerprint density at radius 3 is 2.75 bits per heavy atom. The highest BCUT2D eigenvalue weighted by molar-refractivity contribution is 5.74. The van der Waals surface area contributed by atoms with Gasteiger partial charge in [0.1, 0.15) is 0 Å². The van der Waals surface area contributed by atoms with Gasteiger partial charge in [0, 0.05) is 0 Å². The summed E-state index contributed by atoms with van der Waals surface area (Å²) < 4.78 is 0. The number of hydrogen-bond donors (Lipinski definition) is 2. The summed E-state index contributed by atoms with van der Waals surface area (Å²) in [5.74, 6) is -0.703. The lowest BCUT2D eigenvalue weighted by Gasteiger charge is -2.09. The molecular formula is C5H8N4O3. The van der Waals surface area contributed by atoms with Crippen LogP contribution in [0.2, 0.25) is 0 Å². The number of amides is 1. The highest BCUT2D eigenvalue weighted by Gasteiger charge is 2.12. The van der Waals surface area contributed by atoms with Crippen LogP contribution in [0.5, 0.6) is 0 Å². The van der Waals surface area contributed by atoms with Gasteiger partial charge in [-0.1, -0.05) is 0 Å². The summed E-state index contributed by atoms with van der Waals surface area (Å²) >= 11 is 0. The summed E-state index contributed by atoms with van der Waals surface area (Å²) in [7, 11) is 0. The van der Waals surface area contributed by atoms with Crippen LogP contribution < -0.4 is 5.73 Å². The molecule has 1 amide bonds. The van der Waals surface area contributed by atoms with E-state index in [2.05, 4.69) is 5.29 Å². The third-order valence-corrected chi connectivity index (χ3v) is 1.03. The number of nitroso groups, excluding NO2 is 1. The first-order chi connectivity index (χ1) is 5.60. The van der Waals surface area contributed by atoms with Crippen LogP contribution >= 0.6 is 0 Å². The molecule has 0 aliphatic rings. The molecule has 0 aliphatic carbocycles. The second-order valence-corrected chi connectivity index (χ2v) is 2.09. The first-order valence-electron chi connectivity index (χ1n) is 3.07. The highest BCUT2D eigenvalue weighted by atomic mass is 16.3. The Kier molecular flexibility index (Phi) is 4.33. The van der Waals surface area contributed by atoms with Gasteiger partial charge >= 0.3 is 0 Å². The number of primary amides is 1. The quantitative estimate of drug-likeness (QED) is 0.231. The molecule has 0 saturated heterocycles. The van der Waals surface area contributed by atoms with Gasteiger partial charge in [0.15, 0.2) is 0 Å². The van der Waals surface area contributed by atoms with Crippen molar-refractivity contribution in [3.63, 3.8) is 0 Å². The van der Waals surface area contributed by atoms with Crippen molar-refractivity contribution in [3.05, 3.63) is 4.91 Å². The lowest BCUT2D eigenvalue weighted by atomic mass is 10.2. The number of carbonyl (C=O) groups excluding carboxylic acids is 1. The van der Waals surface area contributed by atoms with Crippen LogP contribution in [0.1, 0.15) is 6.42 Å². The van der Waals surface area contributed by atoms with E-state index in [4.69, 9.17) is 16.1 Å². The molecule has 0 heterocycles. The standard InChI is InChI=1S/C5H8N4O3/c6-3-9(8-12)2-4(10)1-5(7)11/h4,10H,1-2H2,(H2,7,11). The smallest absolute Gasteiger partial charge is 0.220 e. The molecule has 0 saturated carbocycles. The minimum Gasteiger partial charge on any atom is -0.391 e. The van der Waals surface area contributed by atoms with Gasteiger partial charge in [-0.05, 0) is 0 Å². The molecule has 0 bridgehead atoms. The number of aliphatic hydroxyl groups excluding tert-OH is 1. The molecule has 0 fully saturated rings. The average molecular weight is 172 g/mol. The second kappa shape index (κ2) is 5.03. The fourth-order valence-electron chi connectivity index (χ4n) is 0.589. The second-order valence-electron chi connectivity index (χ2n) is 2.09. The number of nitriles is 1. The predicted molar refractivity (Wildman–Crippen MR) is 37.9 cm³/mol. The molecular weight excluding hydrogens is 164 g/mol. The maximum atomic E-state index is 10.2. The number of aliphatic hydroxyl groups is 1. The van der Waals surface area contributed by atoms with Gasteiger partial charge in [-0.3, -0.25) is 4.79 Å². The van der Waals surface area contributed by atoms with E-state index in [1.807, 2.05) is 0 Å². The van der Waals surface area contributed by atoms with Crippen molar-refractivity contribution in [2.45, 2.75) is 12.5 Å². The Morgan fingerprint density at radius 1 is 1.83 bits per heavy atom. The molecule has 12 heavy (non-hydrogen) atoms. The predicted octanol–water partition coefficient (Wildman–Crippen LogP) is -1.31. The van der Waals surface area contributed by atoms with Crippen LogP contribution in [0.15, 0.2) is 5.29 Å². The van der Waals surface area contributed by atoms with E-state index in [1.165, 1.54) is 6.19 Å². The Morgan fingerprint density at radius 2 is 2.42 bits per heavy atom. The number of nitrogens with two attached hydrogens (primary N) is 1. The van der Waals surface area contributed by atoms with E-state index in [0.717, 1.165) is 0 Å². The van der Waals surface area contributed by atoms with Gasteiger partial charge in [-0.25, -0.2) is 0 Å². The summed E-state index contributed by atoms with van der Waals surface area (Å²) in [6, 6.07) is 0. The molecule has 1 unspecified atom stereocenters. The van der Waals surface area contributed by atoms with Crippen LogP contribution in [0.4, 0.5) is 0 Å². The molecule has 3 N–H and O–H groups in total. The molecule has 0 aliphatic heterocycles. The summed E-state index contributed by atoms with van der Waals surface area (Å²) in [4.78, 5) is 20.0. The molecule has 0 aromatic heterocycles. The van der Waals surface area contributed by atoms with Crippen molar-refractivity contribution in [3.8, 4) is 6.19 Å². The number of nitrogens with zero attached hydrogens (tertiary/aromatic N) is 3. The monoisotopic (exact) mass is 172 g/mol. The largest absolute Gasteiger partial charge is 0.391 e. The van der Waals surface area contributed by atoms with E-state index in [9.17, 15) is 9.70 Å². The third-order valence-electron chi connectivity index (χ3n) is 1.03. The number of rotatable bonds is 5. The normalized spacial score (nSPS) is 11.3. The lowest BCUT2D eigenvalue weighted by Crippen LogP contribution is -2.29. The molecule has 0 rings (SSSR count). The SMILES string of the molecule is N#CN(CC(O)CC(N)=O)N=O. The zero-order chi connectivity index (χ0) is 9.56. The summed E-state index contributed by atoms with van der Waals surface area (Å²) in [5, 5.41) is 19.8. The van der Waals surface area contributed by atoms with Gasteiger partial charge < -0.3 is 10.8 Å². The van der Waals surface area contributed by atoms with E-state index >= 15 is 0 Å². The van der Waals surface area contributed by atoms with Gasteiger partial charge in [-0.2, -0.15) is 10.3 Å². The van der Waals surface area contributed by atoms with Crippen LogP contribution in [-0.4, -0.2) is 28.7 Å². The lowest BCUT2D eigenvalue weighted by molar-refractivity contribution is -0.120. The summed E-state index contributed by atoms with van der Waals surface area (Å²) in [5.41, 5.74) is 4.74. The summed E-state index contributed by atoms with van der Waals surface area (Å²) in [6.07, 6.45) is -0.0390. The molecule has 0 radical (unpaired) electrons. The van der Waals surface area contributed by atoms with E-state index < -0.39 is 12.0 Å². The Bertz CT molecular complexity index is 211. The third kappa shape index (κ3) is 4.19.